The van der Waals surface area contributed by atoms with Crippen LogP contribution in [0.15, 0.2) is 17.7 Å². The lowest BCUT2D eigenvalue weighted by atomic mass is 9.98. The van der Waals surface area contributed by atoms with Crippen molar-refractivity contribution in [1.82, 2.24) is 0 Å². The molecule has 0 atom stereocenters. The summed E-state index contributed by atoms with van der Waals surface area (Å²) in [7, 11) is 0. The van der Waals surface area contributed by atoms with Crippen molar-refractivity contribution in [1.29, 1.82) is 0 Å². The third-order valence-corrected chi connectivity index (χ3v) is 2.05. The van der Waals surface area contributed by atoms with E-state index in [1.165, 1.54) is 24.8 Å². The van der Waals surface area contributed by atoms with E-state index in [9.17, 15) is 4.79 Å². The SMILES string of the molecule is CCCCCC1=CC=[C]C(=O)C1. The Bertz CT molecular complexity index is 211. The molecule has 0 N–H and O–H groups in total. The molecule has 0 unspecified atom stereocenters. The van der Waals surface area contributed by atoms with E-state index in [0.717, 1.165) is 6.42 Å². The largest absolute Gasteiger partial charge is 0.294 e. The molecule has 0 saturated heterocycles. The van der Waals surface area contributed by atoms with Gasteiger partial charge < -0.3 is 0 Å². The minimum Gasteiger partial charge on any atom is -0.294 e. The standard InChI is InChI=1S/C11H15O/c1-2-3-4-6-10-7-5-8-11(12)9-10/h5,7H,2-4,6,9H2,1H3. The highest BCUT2D eigenvalue weighted by atomic mass is 16.1. The molecule has 12 heavy (non-hydrogen) atoms. The molecule has 1 heteroatoms. The van der Waals surface area contributed by atoms with Crippen LogP contribution in [0.1, 0.15) is 39.0 Å². The molecule has 0 aromatic carbocycles. The summed E-state index contributed by atoms with van der Waals surface area (Å²) in [5.41, 5.74) is 1.27. The first-order valence-corrected chi connectivity index (χ1v) is 4.63. The number of unbranched alkanes of at least 4 members (excludes halogenated alkanes) is 2. The number of hydrogen-bond donors (Lipinski definition) is 0. The van der Waals surface area contributed by atoms with Gasteiger partial charge in [0.15, 0.2) is 5.78 Å². The molecular weight excluding hydrogens is 148 g/mol. The van der Waals surface area contributed by atoms with Gasteiger partial charge in [0.05, 0.1) is 0 Å². The molecule has 65 valence electrons. The first-order chi connectivity index (χ1) is 5.83. The molecule has 0 saturated carbocycles. The monoisotopic (exact) mass is 163 g/mol. The lowest BCUT2D eigenvalue weighted by molar-refractivity contribution is -0.114. The van der Waals surface area contributed by atoms with Crippen LogP contribution in [-0.2, 0) is 4.79 Å². The Morgan fingerprint density at radius 1 is 1.50 bits per heavy atom. The van der Waals surface area contributed by atoms with Gasteiger partial charge in [0.25, 0.3) is 0 Å². The molecule has 0 aliphatic heterocycles. The highest BCUT2D eigenvalue weighted by Gasteiger charge is 2.06. The van der Waals surface area contributed by atoms with Crippen molar-refractivity contribution in [2.45, 2.75) is 39.0 Å². The minimum atomic E-state index is 0.129. The highest BCUT2D eigenvalue weighted by molar-refractivity contribution is 5.89. The van der Waals surface area contributed by atoms with Crippen LogP contribution in [0.5, 0.6) is 0 Å². The second kappa shape index (κ2) is 4.91. The summed E-state index contributed by atoms with van der Waals surface area (Å²) < 4.78 is 0. The zero-order valence-corrected chi connectivity index (χ0v) is 7.60. The minimum absolute atomic E-state index is 0.129. The number of allylic oxidation sites excluding steroid dienone is 4. The number of ketones is 1. The van der Waals surface area contributed by atoms with E-state index >= 15 is 0 Å². The van der Waals surface area contributed by atoms with Gasteiger partial charge in [0, 0.05) is 12.5 Å². The van der Waals surface area contributed by atoms with Crippen LogP contribution >= 0.6 is 0 Å². The van der Waals surface area contributed by atoms with Crippen molar-refractivity contribution in [3.63, 3.8) is 0 Å². The fourth-order valence-electron chi connectivity index (χ4n) is 1.34. The molecule has 0 spiro atoms. The molecule has 1 nitrogen and oxygen atoms in total. The van der Waals surface area contributed by atoms with Crippen LogP contribution in [0, 0.1) is 6.08 Å². The first-order valence-electron chi connectivity index (χ1n) is 4.63. The maximum atomic E-state index is 10.9. The Kier molecular flexibility index (Phi) is 3.78. The van der Waals surface area contributed by atoms with E-state index in [1.807, 2.05) is 6.08 Å². The molecule has 1 aliphatic rings. The van der Waals surface area contributed by atoms with Crippen LogP contribution < -0.4 is 0 Å². The third-order valence-electron chi connectivity index (χ3n) is 2.05. The van der Waals surface area contributed by atoms with Crippen molar-refractivity contribution in [3.05, 3.63) is 23.8 Å². The summed E-state index contributed by atoms with van der Waals surface area (Å²) in [6, 6.07) is 0. The first kappa shape index (κ1) is 9.24. The van der Waals surface area contributed by atoms with Gasteiger partial charge in [0.2, 0.25) is 0 Å². The van der Waals surface area contributed by atoms with Gasteiger partial charge in [-0.3, -0.25) is 4.79 Å². The molecular formula is C11H15O. The van der Waals surface area contributed by atoms with Crippen LogP contribution in [-0.4, -0.2) is 5.78 Å². The van der Waals surface area contributed by atoms with Gasteiger partial charge >= 0.3 is 0 Å². The van der Waals surface area contributed by atoms with E-state index in [-0.39, 0.29) is 5.78 Å². The van der Waals surface area contributed by atoms with Crippen LogP contribution in [0.4, 0.5) is 0 Å². The zero-order valence-electron chi connectivity index (χ0n) is 7.60. The Morgan fingerprint density at radius 3 is 3.00 bits per heavy atom. The molecule has 1 aliphatic carbocycles. The Hall–Kier alpha value is -0.850. The number of carbonyl (C=O) groups excluding carboxylic acids is 1. The second-order valence-corrected chi connectivity index (χ2v) is 3.19. The topological polar surface area (TPSA) is 17.1 Å². The molecule has 0 bridgehead atoms. The number of carbonyl (C=O) groups is 1. The number of Topliss-reactive ketones (excluding diaryl/α,β-unsaturated/α-hetero) is 1. The molecule has 0 aromatic heterocycles. The average molecular weight is 163 g/mol. The van der Waals surface area contributed by atoms with E-state index in [1.54, 1.807) is 6.08 Å². The van der Waals surface area contributed by atoms with Crippen molar-refractivity contribution in [2.75, 3.05) is 0 Å². The zero-order chi connectivity index (χ0) is 8.81. The summed E-state index contributed by atoms with van der Waals surface area (Å²) in [6.45, 7) is 2.19. The van der Waals surface area contributed by atoms with Crippen LogP contribution in [0.2, 0.25) is 0 Å². The van der Waals surface area contributed by atoms with Crippen molar-refractivity contribution >= 4 is 5.78 Å². The number of hydrogen-bond acceptors (Lipinski definition) is 1. The van der Waals surface area contributed by atoms with Crippen molar-refractivity contribution in [3.8, 4) is 0 Å². The molecule has 0 amide bonds. The summed E-state index contributed by atoms with van der Waals surface area (Å²) in [4.78, 5) is 10.9. The summed E-state index contributed by atoms with van der Waals surface area (Å²) in [6.07, 6.45) is 11.8. The predicted octanol–water partition coefficient (Wildman–Crippen LogP) is 2.83. The molecule has 0 fully saturated rings. The van der Waals surface area contributed by atoms with E-state index in [0.29, 0.717) is 6.42 Å². The summed E-state index contributed by atoms with van der Waals surface area (Å²) >= 11 is 0. The van der Waals surface area contributed by atoms with Gasteiger partial charge in [-0.15, -0.1) is 0 Å². The Balaban J connectivity index is 2.28. The Labute approximate surface area is 74.2 Å². The average Bonchev–Trinajstić information content (AvgIpc) is 2.05. The number of rotatable bonds is 4. The second-order valence-electron chi connectivity index (χ2n) is 3.19. The lowest BCUT2D eigenvalue weighted by Crippen LogP contribution is -2.00. The van der Waals surface area contributed by atoms with Gasteiger partial charge in [-0.25, -0.2) is 0 Å². The van der Waals surface area contributed by atoms with E-state index in [2.05, 4.69) is 13.0 Å². The molecule has 0 aromatic rings. The van der Waals surface area contributed by atoms with Crippen LogP contribution in [0.25, 0.3) is 0 Å². The quantitative estimate of drug-likeness (QED) is 0.582. The molecule has 0 heterocycles. The third kappa shape index (κ3) is 3.04. The Morgan fingerprint density at radius 2 is 2.33 bits per heavy atom. The van der Waals surface area contributed by atoms with Gasteiger partial charge in [-0.05, 0) is 12.8 Å². The molecule has 1 radical (unpaired) electrons. The smallest absolute Gasteiger partial charge is 0.167 e. The highest BCUT2D eigenvalue weighted by Crippen LogP contribution is 2.15. The summed E-state index contributed by atoms with van der Waals surface area (Å²) in [5, 5.41) is 0. The fourth-order valence-corrected chi connectivity index (χ4v) is 1.34. The van der Waals surface area contributed by atoms with Gasteiger partial charge in [0.1, 0.15) is 0 Å². The predicted molar refractivity (Wildman–Crippen MR) is 49.7 cm³/mol. The van der Waals surface area contributed by atoms with Gasteiger partial charge in [-0.2, -0.15) is 0 Å². The maximum absolute atomic E-state index is 10.9. The summed E-state index contributed by atoms with van der Waals surface area (Å²) in [5.74, 6) is 0.129. The van der Waals surface area contributed by atoms with Crippen molar-refractivity contribution < 1.29 is 4.79 Å². The van der Waals surface area contributed by atoms with E-state index < -0.39 is 0 Å². The fraction of sp³-hybridized carbons (Fsp3) is 0.545. The normalized spacial score (nSPS) is 16.4. The van der Waals surface area contributed by atoms with Crippen molar-refractivity contribution in [2.24, 2.45) is 0 Å². The molecule has 1 rings (SSSR count). The van der Waals surface area contributed by atoms with Gasteiger partial charge in [-0.1, -0.05) is 37.5 Å². The van der Waals surface area contributed by atoms with E-state index in [4.69, 9.17) is 0 Å². The van der Waals surface area contributed by atoms with Crippen LogP contribution in [0.3, 0.4) is 0 Å². The lowest BCUT2D eigenvalue weighted by Gasteiger charge is -2.06. The maximum Gasteiger partial charge on any atom is 0.167 e.